The van der Waals surface area contributed by atoms with Gasteiger partial charge in [0.15, 0.2) is 0 Å². The maximum Gasteiger partial charge on any atom is 0.130 e. The molecule has 2 N–H and O–H groups in total. The number of nitrogens with zero attached hydrogens (tertiary/aromatic N) is 2. The third-order valence-electron chi connectivity index (χ3n) is 3.41. The van der Waals surface area contributed by atoms with Crippen molar-refractivity contribution in [3.05, 3.63) is 54.0 Å². The first-order chi connectivity index (χ1) is 9.55. The van der Waals surface area contributed by atoms with Gasteiger partial charge in [-0.2, -0.15) is 0 Å². The lowest BCUT2D eigenvalue weighted by molar-refractivity contribution is 0.223. The molecule has 1 aromatic heterocycles. The van der Waals surface area contributed by atoms with Gasteiger partial charge in [0.2, 0.25) is 0 Å². The smallest absolute Gasteiger partial charge is 0.130 e. The van der Waals surface area contributed by atoms with Crippen LogP contribution in [0.5, 0.6) is 0 Å². The van der Waals surface area contributed by atoms with E-state index in [4.69, 9.17) is 0 Å². The predicted octanol–water partition coefficient (Wildman–Crippen LogP) is 2.92. The number of aliphatic hydroxyl groups excluding tert-OH is 1. The predicted molar refractivity (Wildman–Crippen MR) is 80.6 cm³/mol. The van der Waals surface area contributed by atoms with E-state index in [9.17, 15) is 5.11 Å². The normalized spacial score (nSPS) is 14.1. The van der Waals surface area contributed by atoms with Gasteiger partial charge in [0.25, 0.3) is 0 Å². The second-order valence-corrected chi connectivity index (χ2v) is 5.46. The molecule has 20 heavy (non-hydrogen) atoms. The van der Waals surface area contributed by atoms with Gasteiger partial charge < -0.3 is 10.4 Å². The highest BCUT2D eigenvalue weighted by atomic mass is 16.3. The van der Waals surface area contributed by atoms with Crippen LogP contribution in [0, 0.1) is 0 Å². The molecule has 4 heteroatoms. The van der Waals surface area contributed by atoms with Gasteiger partial charge in [0.05, 0.1) is 12.1 Å². The Bertz CT molecular complexity index is 557. The fourth-order valence-corrected chi connectivity index (χ4v) is 2.05. The molecule has 0 fully saturated rings. The first kappa shape index (κ1) is 14.5. The Balaban J connectivity index is 2.28. The van der Waals surface area contributed by atoms with E-state index in [2.05, 4.69) is 29.1 Å². The summed E-state index contributed by atoms with van der Waals surface area (Å²) < 4.78 is 0. The van der Waals surface area contributed by atoms with Crippen LogP contribution in [-0.4, -0.2) is 21.7 Å². The number of anilines is 1. The third kappa shape index (κ3) is 3.14. The van der Waals surface area contributed by atoms with Crippen molar-refractivity contribution in [2.24, 2.45) is 0 Å². The Hall–Kier alpha value is -1.94. The molecule has 2 rings (SSSR count). The van der Waals surface area contributed by atoms with Crippen LogP contribution in [-0.2, 0) is 5.54 Å². The van der Waals surface area contributed by atoms with Crippen LogP contribution in [0.3, 0.4) is 0 Å². The summed E-state index contributed by atoms with van der Waals surface area (Å²) in [4.78, 5) is 8.50. The number of nitrogens with one attached hydrogen (secondary N) is 1. The van der Waals surface area contributed by atoms with Gasteiger partial charge in [0, 0.05) is 11.8 Å². The van der Waals surface area contributed by atoms with Crippen LogP contribution in [0.15, 0.2) is 42.7 Å². The quantitative estimate of drug-likeness (QED) is 0.878. The number of aliphatic hydroxyl groups is 1. The van der Waals surface area contributed by atoms with Crippen LogP contribution < -0.4 is 5.32 Å². The molecule has 1 atom stereocenters. The number of aromatic nitrogens is 2. The van der Waals surface area contributed by atoms with Crippen LogP contribution >= 0.6 is 0 Å². The van der Waals surface area contributed by atoms with Gasteiger partial charge in [-0.25, -0.2) is 9.97 Å². The topological polar surface area (TPSA) is 58.0 Å². The van der Waals surface area contributed by atoms with Gasteiger partial charge >= 0.3 is 0 Å². The van der Waals surface area contributed by atoms with E-state index < -0.39 is 5.54 Å². The molecular weight excluding hydrogens is 250 g/mol. The maximum atomic E-state index is 9.77. The van der Waals surface area contributed by atoms with E-state index >= 15 is 0 Å². The Morgan fingerprint density at radius 1 is 1.20 bits per heavy atom. The number of hydrogen-bond acceptors (Lipinski definition) is 4. The summed E-state index contributed by atoms with van der Waals surface area (Å²) in [6.07, 6.45) is 1.56. The molecule has 1 unspecified atom stereocenters. The van der Waals surface area contributed by atoms with Gasteiger partial charge in [-0.05, 0) is 18.4 Å². The van der Waals surface area contributed by atoms with E-state index in [0.29, 0.717) is 5.92 Å². The zero-order chi connectivity index (χ0) is 14.6. The number of hydrogen-bond donors (Lipinski definition) is 2. The monoisotopic (exact) mass is 271 g/mol. The van der Waals surface area contributed by atoms with Crippen molar-refractivity contribution < 1.29 is 5.11 Å². The zero-order valence-electron chi connectivity index (χ0n) is 12.2. The van der Waals surface area contributed by atoms with Crippen molar-refractivity contribution in [3.8, 4) is 0 Å². The maximum absolute atomic E-state index is 9.77. The summed E-state index contributed by atoms with van der Waals surface area (Å²) in [5.41, 5.74) is 1.44. The largest absolute Gasteiger partial charge is 0.394 e. The Kier molecular flexibility index (Phi) is 4.35. The van der Waals surface area contributed by atoms with Gasteiger partial charge in [-0.15, -0.1) is 0 Å². The average Bonchev–Trinajstić information content (AvgIpc) is 2.48. The minimum Gasteiger partial charge on any atom is -0.394 e. The van der Waals surface area contributed by atoms with Crippen LogP contribution in [0.1, 0.15) is 37.9 Å². The Morgan fingerprint density at radius 3 is 2.50 bits per heavy atom. The highest BCUT2D eigenvalue weighted by molar-refractivity contribution is 5.42. The van der Waals surface area contributed by atoms with Crippen molar-refractivity contribution in [1.29, 1.82) is 0 Å². The second-order valence-electron chi connectivity index (χ2n) is 5.46. The van der Waals surface area contributed by atoms with Gasteiger partial charge in [-0.3, -0.25) is 0 Å². The first-order valence-electron chi connectivity index (χ1n) is 6.81. The van der Waals surface area contributed by atoms with E-state index in [1.165, 1.54) is 0 Å². The first-order valence-corrected chi connectivity index (χ1v) is 6.81. The van der Waals surface area contributed by atoms with Crippen molar-refractivity contribution in [2.45, 2.75) is 32.2 Å². The average molecular weight is 271 g/mol. The molecule has 0 spiro atoms. The van der Waals surface area contributed by atoms with Crippen LogP contribution in [0.25, 0.3) is 0 Å². The summed E-state index contributed by atoms with van der Waals surface area (Å²) in [5, 5.41) is 13.1. The van der Waals surface area contributed by atoms with E-state index in [-0.39, 0.29) is 6.61 Å². The highest BCUT2D eigenvalue weighted by Crippen LogP contribution is 2.25. The lowest BCUT2D eigenvalue weighted by atomic mass is 9.93. The summed E-state index contributed by atoms with van der Waals surface area (Å²) in [6.45, 7) is 6.13. The fourth-order valence-electron chi connectivity index (χ4n) is 2.05. The fraction of sp³-hybridized carbons (Fsp3) is 0.375. The van der Waals surface area contributed by atoms with E-state index in [1.54, 1.807) is 6.33 Å². The van der Waals surface area contributed by atoms with Crippen molar-refractivity contribution in [3.63, 3.8) is 0 Å². The molecule has 0 saturated carbocycles. The molecule has 1 aromatic carbocycles. The Labute approximate surface area is 119 Å². The lowest BCUT2D eigenvalue weighted by Crippen LogP contribution is -2.36. The Morgan fingerprint density at radius 2 is 1.90 bits per heavy atom. The molecule has 0 aliphatic rings. The van der Waals surface area contributed by atoms with Crippen molar-refractivity contribution in [1.82, 2.24) is 9.97 Å². The molecule has 0 aliphatic carbocycles. The van der Waals surface area contributed by atoms with Crippen LogP contribution in [0.2, 0.25) is 0 Å². The summed E-state index contributed by atoms with van der Waals surface area (Å²) >= 11 is 0. The number of benzene rings is 1. The third-order valence-corrected chi connectivity index (χ3v) is 3.41. The van der Waals surface area contributed by atoms with Crippen LogP contribution in [0.4, 0.5) is 5.82 Å². The summed E-state index contributed by atoms with van der Waals surface area (Å²) in [6, 6.07) is 11.8. The minimum atomic E-state index is -0.566. The van der Waals surface area contributed by atoms with E-state index in [0.717, 1.165) is 17.1 Å². The summed E-state index contributed by atoms with van der Waals surface area (Å²) in [5.74, 6) is 1.07. The van der Waals surface area contributed by atoms with Gasteiger partial charge in [0.1, 0.15) is 12.1 Å². The zero-order valence-corrected chi connectivity index (χ0v) is 12.2. The standard InChI is InChI=1S/C16H21N3O/c1-12(2)14-9-15(18-11-17-14)19-16(3,10-20)13-7-5-4-6-8-13/h4-9,11-12,20H,10H2,1-3H3,(H,17,18,19). The van der Waals surface area contributed by atoms with Gasteiger partial charge in [-0.1, -0.05) is 44.2 Å². The molecule has 1 heterocycles. The summed E-state index contributed by atoms with van der Waals surface area (Å²) in [7, 11) is 0. The molecule has 4 nitrogen and oxygen atoms in total. The molecule has 0 aliphatic heterocycles. The lowest BCUT2D eigenvalue weighted by Gasteiger charge is -2.30. The molecule has 2 aromatic rings. The SMILES string of the molecule is CC(C)c1cc(NC(C)(CO)c2ccccc2)ncn1. The highest BCUT2D eigenvalue weighted by Gasteiger charge is 2.26. The van der Waals surface area contributed by atoms with E-state index in [1.807, 2.05) is 43.3 Å². The molecule has 0 saturated heterocycles. The minimum absolute atomic E-state index is 0.0158. The van der Waals surface area contributed by atoms with Crippen molar-refractivity contribution in [2.75, 3.05) is 11.9 Å². The second kappa shape index (κ2) is 6.01. The molecular formula is C16H21N3O. The molecule has 0 amide bonds. The molecule has 106 valence electrons. The molecule has 0 bridgehead atoms. The number of rotatable bonds is 5. The van der Waals surface area contributed by atoms with Crippen molar-refractivity contribution >= 4 is 5.82 Å². The molecule has 0 radical (unpaired) electrons.